The Labute approximate surface area is 215 Å². The number of amides is 1. The third-order valence-electron chi connectivity index (χ3n) is 6.13. The summed E-state index contributed by atoms with van der Waals surface area (Å²) in [7, 11) is 3.54. The number of para-hydroxylation sites is 2. The van der Waals surface area contributed by atoms with Crippen LogP contribution in [0.25, 0.3) is 0 Å². The van der Waals surface area contributed by atoms with Crippen LogP contribution in [0.15, 0.2) is 96.3 Å². The van der Waals surface area contributed by atoms with Gasteiger partial charge in [-0.15, -0.1) is 0 Å². The summed E-state index contributed by atoms with van der Waals surface area (Å²) in [5, 5.41) is 12.6. The van der Waals surface area contributed by atoms with Crippen molar-refractivity contribution in [3.05, 3.63) is 107 Å². The minimum atomic E-state index is -0.672. The summed E-state index contributed by atoms with van der Waals surface area (Å²) in [5.41, 5.74) is 2.80. The number of hydrogen-bond donors (Lipinski definition) is 1. The molecule has 0 aliphatic carbocycles. The number of anilines is 2. The minimum Gasteiger partial charge on any atom is -0.457 e. The molecule has 1 heterocycles. The molecule has 3 aromatic carbocycles. The number of ketones is 1. The number of nitriles is 1. The van der Waals surface area contributed by atoms with Gasteiger partial charge in [-0.2, -0.15) is 5.26 Å². The molecule has 186 valence electrons. The predicted octanol–water partition coefficient (Wildman–Crippen LogP) is 3.98. The summed E-state index contributed by atoms with van der Waals surface area (Å²) in [4.78, 5) is 42.0. The Morgan fingerprint density at radius 1 is 0.865 bits per heavy atom. The zero-order valence-corrected chi connectivity index (χ0v) is 20.5. The summed E-state index contributed by atoms with van der Waals surface area (Å²) in [5.74, 6) is -1.19. The van der Waals surface area contributed by atoms with E-state index >= 15 is 0 Å². The summed E-state index contributed by atoms with van der Waals surface area (Å²) in [6, 6.07) is 26.6. The number of ether oxygens (including phenoxy) is 1. The summed E-state index contributed by atoms with van der Waals surface area (Å²) in [6.45, 7) is -0.586. The van der Waals surface area contributed by atoms with Crippen molar-refractivity contribution in [3.8, 4) is 6.07 Å². The van der Waals surface area contributed by atoms with Crippen molar-refractivity contribution < 1.29 is 19.1 Å². The maximum atomic E-state index is 12.9. The van der Waals surface area contributed by atoms with Gasteiger partial charge in [-0.3, -0.25) is 14.4 Å². The van der Waals surface area contributed by atoms with Gasteiger partial charge in [-0.05, 0) is 29.8 Å². The number of esters is 1. The molecule has 37 heavy (non-hydrogen) atoms. The molecule has 0 saturated carbocycles. The van der Waals surface area contributed by atoms with Crippen LogP contribution in [0, 0.1) is 11.3 Å². The van der Waals surface area contributed by atoms with Crippen molar-refractivity contribution in [1.29, 1.82) is 5.26 Å². The van der Waals surface area contributed by atoms with E-state index in [9.17, 15) is 19.6 Å². The maximum absolute atomic E-state index is 12.9. The third kappa shape index (κ3) is 5.52. The molecule has 0 spiro atoms. The van der Waals surface area contributed by atoms with E-state index in [0.29, 0.717) is 11.4 Å². The maximum Gasteiger partial charge on any atom is 0.308 e. The molecule has 1 unspecified atom stereocenters. The number of carbonyl (C=O) groups is 3. The zero-order valence-electron chi connectivity index (χ0n) is 20.5. The van der Waals surface area contributed by atoms with Crippen molar-refractivity contribution in [2.45, 2.75) is 12.5 Å². The van der Waals surface area contributed by atoms with Crippen LogP contribution in [0.2, 0.25) is 0 Å². The van der Waals surface area contributed by atoms with Gasteiger partial charge in [0.15, 0.2) is 6.61 Å². The van der Waals surface area contributed by atoms with Gasteiger partial charge in [0.2, 0.25) is 5.78 Å². The molecule has 1 atom stereocenters. The number of carbonyl (C=O) groups excluding carboxylic acids is 3. The Morgan fingerprint density at radius 2 is 1.41 bits per heavy atom. The second kappa shape index (κ2) is 11.2. The van der Waals surface area contributed by atoms with Crippen LogP contribution < -0.4 is 15.1 Å². The van der Waals surface area contributed by atoms with Gasteiger partial charge in [-0.1, -0.05) is 60.7 Å². The van der Waals surface area contributed by atoms with Gasteiger partial charge in [0, 0.05) is 19.7 Å². The van der Waals surface area contributed by atoms with Crippen LogP contribution in [0.5, 0.6) is 0 Å². The van der Waals surface area contributed by atoms with Gasteiger partial charge in [0.05, 0.1) is 23.8 Å². The van der Waals surface area contributed by atoms with Crippen LogP contribution in [0.3, 0.4) is 0 Å². The topological polar surface area (TPSA) is 103 Å². The number of Topliss-reactive ketones (excluding diaryl/α,β-unsaturated/α-hetero) is 1. The lowest BCUT2D eigenvalue weighted by Crippen LogP contribution is -2.31. The molecular weight excluding hydrogens is 468 g/mol. The number of benzene rings is 3. The number of fused-ring (bicyclic) bond motifs is 1. The lowest BCUT2D eigenvalue weighted by molar-refractivity contribution is -0.147. The van der Waals surface area contributed by atoms with Crippen LogP contribution in [-0.2, 0) is 14.3 Å². The molecule has 1 aliphatic heterocycles. The van der Waals surface area contributed by atoms with E-state index < -0.39 is 24.4 Å². The molecule has 1 N–H and O–H groups in total. The highest BCUT2D eigenvalue weighted by molar-refractivity contribution is 6.04. The quantitative estimate of drug-likeness (QED) is 0.287. The van der Waals surface area contributed by atoms with Crippen LogP contribution >= 0.6 is 0 Å². The molecule has 3 aromatic rings. The molecule has 0 saturated heterocycles. The molecule has 4 rings (SSSR count). The van der Waals surface area contributed by atoms with E-state index in [4.69, 9.17) is 4.74 Å². The fourth-order valence-corrected chi connectivity index (χ4v) is 4.27. The first-order valence-corrected chi connectivity index (χ1v) is 11.7. The van der Waals surface area contributed by atoms with Crippen LogP contribution in [0.4, 0.5) is 11.4 Å². The van der Waals surface area contributed by atoms with Gasteiger partial charge in [0.25, 0.3) is 5.91 Å². The SMILES string of the molecule is CN1C(=C(C#N)C(=O)COC(=O)CC(NC(=O)c2ccccc2)c2ccccc2)N(C)c2ccccc21. The van der Waals surface area contributed by atoms with E-state index in [0.717, 1.165) is 16.9 Å². The second-order valence-corrected chi connectivity index (χ2v) is 8.51. The van der Waals surface area contributed by atoms with Gasteiger partial charge >= 0.3 is 5.97 Å². The van der Waals surface area contributed by atoms with Crippen LogP contribution in [-0.4, -0.2) is 38.4 Å². The Hall–Kier alpha value is -4.90. The normalized spacial score (nSPS) is 12.8. The highest BCUT2D eigenvalue weighted by Crippen LogP contribution is 2.40. The average Bonchev–Trinajstić information content (AvgIpc) is 3.18. The molecule has 0 aromatic heterocycles. The van der Waals surface area contributed by atoms with Crippen LogP contribution in [0.1, 0.15) is 28.4 Å². The van der Waals surface area contributed by atoms with E-state index in [2.05, 4.69) is 5.32 Å². The van der Waals surface area contributed by atoms with Crippen molar-refractivity contribution in [3.63, 3.8) is 0 Å². The van der Waals surface area contributed by atoms with Crippen molar-refractivity contribution >= 4 is 29.0 Å². The Bertz CT molecular complexity index is 1350. The molecule has 0 bridgehead atoms. The summed E-state index contributed by atoms with van der Waals surface area (Å²) >= 11 is 0. The van der Waals surface area contributed by atoms with E-state index in [-0.39, 0.29) is 17.9 Å². The smallest absolute Gasteiger partial charge is 0.308 e. The number of rotatable bonds is 8. The fourth-order valence-electron chi connectivity index (χ4n) is 4.27. The van der Waals surface area contributed by atoms with Crippen molar-refractivity contribution in [2.75, 3.05) is 30.5 Å². The number of hydrogen-bond acceptors (Lipinski definition) is 7. The molecule has 8 heteroatoms. The van der Waals surface area contributed by atoms with E-state index in [1.54, 1.807) is 60.3 Å². The first-order valence-electron chi connectivity index (χ1n) is 11.7. The zero-order chi connectivity index (χ0) is 26.4. The minimum absolute atomic E-state index is 0.106. The summed E-state index contributed by atoms with van der Waals surface area (Å²) in [6.07, 6.45) is -0.181. The Kier molecular flexibility index (Phi) is 7.65. The number of nitrogens with one attached hydrogen (secondary N) is 1. The first-order chi connectivity index (χ1) is 17.9. The monoisotopic (exact) mass is 494 g/mol. The van der Waals surface area contributed by atoms with Gasteiger partial charge in [0.1, 0.15) is 17.5 Å². The first kappa shape index (κ1) is 25.2. The Morgan fingerprint density at radius 3 is 1.97 bits per heavy atom. The molecule has 0 fully saturated rings. The summed E-state index contributed by atoms with van der Waals surface area (Å²) < 4.78 is 5.27. The van der Waals surface area contributed by atoms with Crippen molar-refractivity contribution in [2.24, 2.45) is 0 Å². The van der Waals surface area contributed by atoms with Gasteiger partial charge < -0.3 is 19.9 Å². The molecule has 1 amide bonds. The van der Waals surface area contributed by atoms with E-state index in [1.165, 1.54) is 0 Å². The largest absolute Gasteiger partial charge is 0.457 e. The second-order valence-electron chi connectivity index (χ2n) is 8.51. The highest BCUT2D eigenvalue weighted by Gasteiger charge is 2.31. The Balaban J connectivity index is 1.45. The molecule has 1 aliphatic rings. The van der Waals surface area contributed by atoms with Gasteiger partial charge in [-0.25, -0.2) is 0 Å². The molecule has 0 radical (unpaired) electrons. The lowest BCUT2D eigenvalue weighted by atomic mass is 10.0. The number of nitrogens with zero attached hydrogens (tertiary/aromatic N) is 3. The third-order valence-corrected chi connectivity index (χ3v) is 6.13. The lowest BCUT2D eigenvalue weighted by Gasteiger charge is -2.20. The standard InChI is InChI=1S/C29H26N4O4/c1-32-24-15-9-10-16-25(24)33(2)29(32)22(18-30)26(34)19-37-27(35)17-23(20-11-5-3-6-12-20)31-28(36)21-13-7-4-8-14-21/h3-16,23H,17,19H2,1-2H3,(H,31,36). The predicted molar refractivity (Wildman–Crippen MR) is 140 cm³/mol. The fraction of sp³-hybridized carbons (Fsp3) is 0.172. The van der Waals surface area contributed by atoms with E-state index in [1.807, 2.05) is 54.6 Å². The molecular formula is C29H26N4O4. The highest BCUT2D eigenvalue weighted by atomic mass is 16.5. The molecule has 8 nitrogen and oxygen atoms in total. The van der Waals surface area contributed by atoms with Crippen molar-refractivity contribution in [1.82, 2.24) is 5.32 Å². The average molecular weight is 495 g/mol.